The fourth-order valence-corrected chi connectivity index (χ4v) is 2.92. The van der Waals surface area contributed by atoms with Crippen molar-refractivity contribution in [1.29, 1.82) is 0 Å². The quantitative estimate of drug-likeness (QED) is 0.824. The van der Waals surface area contributed by atoms with Crippen molar-refractivity contribution >= 4 is 33.0 Å². The third-order valence-electron chi connectivity index (χ3n) is 3.48. The van der Waals surface area contributed by atoms with Crippen molar-refractivity contribution in [3.8, 4) is 0 Å². The Balaban J connectivity index is 1.93. The molecule has 2 N–H and O–H groups in total. The fourth-order valence-electron chi connectivity index (χ4n) is 2.12. The van der Waals surface area contributed by atoms with E-state index in [0.717, 1.165) is 11.8 Å². The van der Waals surface area contributed by atoms with Gasteiger partial charge in [-0.25, -0.2) is 8.42 Å². The molecular formula is C17H19ClN2O3S. The summed E-state index contributed by atoms with van der Waals surface area (Å²) < 4.78 is 23.1. The van der Waals surface area contributed by atoms with Gasteiger partial charge in [0.1, 0.15) is 0 Å². The van der Waals surface area contributed by atoms with Crippen LogP contribution in [0.2, 0.25) is 5.02 Å². The van der Waals surface area contributed by atoms with Crippen LogP contribution in [-0.4, -0.2) is 27.1 Å². The van der Waals surface area contributed by atoms with Crippen LogP contribution >= 0.6 is 11.6 Å². The molecule has 1 atom stereocenters. The molecule has 1 amide bonds. The number of carbonyl (C=O) groups is 1. The zero-order valence-corrected chi connectivity index (χ0v) is 15.0. The monoisotopic (exact) mass is 366 g/mol. The average molecular weight is 367 g/mol. The largest absolute Gasteiger partial charge is 0.325 e. The molecule has 0 saturated carbocycles. The van der Waals surface area contributed by atoms with Crippen LogP contribution in [0.15, 0.2) is 53.4 Å². The van der Waals surface area contributed by atoms with E-state index in [4.69, 9.17) is 11.6 Å². The Labute approximate surface area is 147 Å². The lowest BCUT2D eigenvalue weighted by Crippen LogP contribution is -2.30. The minimum absolute atomic E-state index is 0.0182. The number of carbonyl (C=O) groups excluding carboxylic acids is 1. The third kappa shape index (κ3) is 5.33. The summed E-state index contributed by atoms with van der Waals surface area (Å²) in [6, 6.07) is 13.5. The molecule has 0 bridgehead atoms. The molecule has 0 aliphatic rings. The Morgan fingerprint density at radius 3 is 2.46 bits per heavy atom. The number of benzene rings is 2. The summed E-state index contributed by atoms with van der Waals surface area (Å²) >= 11 is 5.85. The zero-order valence-electron chi connectivity index (χ0n) is 13.4. The van der Waals surface area contributed by atoms with Gasteiger partial charge in [0.2, 0.25) is 5.91 Å². The van der Waals surface area contributed by atoms with Gasteiger partial charge in [0.15, 0.2) is 9.84 Å². The van der Waals surface area contributed by atoms with Crippen LogP contribution in [0.4, 0.5) is 5.69 Å². The summed E-state index contributed by atoms with van der Waals surface area (Å²) in [5.74, 6) is -0.249. The molecule has 0 fully saturated rings. The molecule has 2 aromatic carbocycles. The zero-order chi connectivity index (χ0) is 17.7. The van der Waals surface area contributed by atoms with E-state index in [-0.39, 0.29) is 23.4 Å². The van der Waals surface area contributed by atoms with E-state index in [0.29, 0.717) is 10.7 Å². The maximum Gasteiger partial charge on any atom is 0.238 e. The highest BCUT2D eigenvalue weighted by molar-refractivity contribution is 7.90. The summed E-state index contributed by atoms with van der Waals surface area (Å²) in [4.78, 5) is 12.2. The van der Waals surface area contributed by atoms with E-state index >= 15 is 0 Å². The first-order chi connectivity index (χ1) is 11.3. The molecule has 0 radical (unpaired) electrons. The Hall–Kier alpha value is -1.89. The van der Waals surface area contributed by atoms with E-state index in [1.807, 2.05) is 19.1 Å². The predicted octanol–water partition coefficient (Wildman–Crippen LogP) is 3.03. The standard InChI is InChI=1S/C17H19ClN2O3S/c1-12(13-6-8-14(18)9-7-13)19-11-17(21)20-15-4-3-5-16(10-15)24(2,22)23/h3-10,12,19H,11H2,1-2H3,(H,20,21)/t12-/m1/s1. The molecule has 5 nitrogen and oxygen atoms in total. The van der Waals surface area contributed by atoms with Crippen molar-refractivity contribution in [2.45, 2.75) is 17.9 Å². The molecular weight excluding hydrogens is 348 g/mol. The highest BCUT2D eigenvalue weighted by Crippen LogP contribution is 2.17. The van der Waals surface area contributed by atoms with Gasteiger partial charge in [-0.2, -0.15) is 0 Å². The molecule has 0 aromatic heterocycles. The number of nitrogens with one attached hydrogen (secondary N) is 2. The van der Waals surface area contributed by atoms with Crippen LogP contribution in [0, 0.1) is 0 Å². The van der Waals surface area contributed by atoms with E-state index in [1.54, 1.807) is 24.3 Å². The number of hydrogen-bond acceptors (Lipinski definition) is 4. The highest BCUT2D eigenvalue weighted by atomic mass is 35.5. The lowest BCUT2D eigenvalue weighted by atomic mass is 10.1. The first-order valence-electron chi connectivity index (χ1n) is 7.34. The fraction of sp³-hybridized carbons (Fsp3) is 0.235. The molecule has 0 aliphatic carbocycles. The number of hydrogen-bond donors (Lipinski definition) is 2. The van der Waals surface area contributed by atoms with E-state index in [2.05, 4.69) is 10.6 Å². The van der Waals surface area contributed by atoms with Crippen molar-refractivity contribution in [3.63, 3.8) is 0 Å². The minimum Gasteiger partial charge on any atom is -0.325 e. The molecule has 0 spiro atoms. The average Bonchev–Trinajstić information content (AvgIpc) is 2.53. The summed E-state index contributed by atoms with van der Waals surface area (Å²) in [6.45, 7) is 2.05. The van der Waals surface area contributed by atoms with Gasteiger partial charge in [0.05, 0.1) is 11.4 Å². The first-order valence-corrected chi connectivity index (χ1v) is 9.61. The van der Waals surface area contributed by atoms with Crippen LogP contribution in [-0.2, 0) is 14.6 Å². The van der Waals surface area contributed by atoms with Gasteiger partial charge < -0.3 is 10.6 Å². The molecule has 0 heterocycles. The van der Waals surface area contributed by atoms with Gasteiger partial charge >= 0.3 is 0 Å². The van der Waals surface area contributed by atoms with E-state index in [1.165, 1.54) is 12.1 Å². The van der Waals surface area contributed by atoms with Crippen molar-refractivity contribution in [2.24, 2.45) is 0 Å². The summed E-state index contributed by atoms with van der Waals surface area (Å²) in [5, 5.41) is 6.45. The Bertz CT molecular complexity index is 820. The van der Waals surface area contributed by atoms with Gasteiger partial charge in [-0.05, 0) is 42.8 Å². The number of sulfone groups is 1. The smallest absolute Gasteiger partial charge is 0.238 e. The predicted molar refractivity (Wildman–Crippen MR) is 96.1 cm³/mol. The number of halogens is 1. The van der Waals surface area contributed by atoms with Crippen LogP contribution in [0.5, 0.6) is 0 Å². The second kappa shape index (κ2) is 7.79. The highest BCUT2D eigenvalue weighted by Gasteiger charge is 2.10. The number of anilines is 1. The Morgan fingerprint density at radius 2 is 1.83 bits per heavy atom. The van der Waals surface area contributed by atoms with E-state index in [9.17, 15) is 13.2 Å². The van der Waals surface area contributed by atoms with Crippen molar-refractivity contribution in [3.05, 3.63) is 59.1 Å². The van der Waals surface area contributed by atoms with Gasteiger partial charge in [-0.1, -0.05) is 29.8 Å². The molecule has 24 heavy (non-hydrogen) atoms. The second-order valence-corrected chi connectivity index (χ2v) is 7.95. The van der Waals surface area contributed by atoms with Gasteiger partial charge in [0.25, 0.3) is 0 Å². The Morgan fingerprint density at radius 1 is 1.17 bits per heavy atom. The minimum atomic E-state index is -3.30. The van der Waals surface area contributed by atoms with Crippen molar-refractivity contribution < 1.29 is 13.2 Å². The number of rotatable bonds is 6. The summed E-state index contributed by atoms with van der Waals surface area (Å²) in [7, 11) is -3.30. The lowest BCUT2D eigenvalue weighted by molar-refractivity contribution is -0.115. The summed E-state index contributed by atoms with van der Waals surface area (Å²) in [5.41, 5.74) is 1.47. The molecule has 7 heteroatoms. The molecule has 2 aromatic rings. The van der Waals surface area contributed by atoms with Crippen molar-refractivity contribution in [1.82, 2.24) is 5.32 Å². The van der Waals surface area contributed by atoms with Crippen molar-refractivity contribution in [2.75, 3.05) is 18.1 Å². The van der Waals surface area contributed by atoms with Gasteiger partial charge in [0, 0.05) is 23.0 Å². The Kier molecular flexibility index (Phi) is 5.99. The SMILES string of the molecule is C[C@@H](NCC(=O)Nc1cccc(S(C)(=O)=O)c1)c1ccc(Cl)cc1. The lowest BCUT2D eigenvalue weighted by Gasteiger charge is -2.14. The van der Waals surface area contributed by atoms with Crippen LogP contribution < -0.4 is 10.6 Å². The maximum atomic E-state index is 12.0. The van der Waals surface area contributed by atoms with Gasteiger partial charge in [-0.3, -0.25) is 4.79 Å². The summed E-state index contributed by atoms with van der Waals surface area (Å²) in [6.07, 6.45) is 1.13. The van der Waals surface area contributed by atoms with Gasteiger partial charge in [-0.15, -0.1) is 0 Å². The molecule has 2 rings (SSSR count). The van der Waals surface area contributed by atoms with Crippen LogP contribution in [0.25, 0.3) is 0 Å². The molecule has 128 valence electrons. The second-order valence-electron chi connectivity index (χ2n) is 5.50. The topological polar surface area (TPSA) is 75.3 Å². The first kappa shape index (κ1) is 18.4. The normalized spacial score (nSPS) is 12.6. The molecule has 0 saturated heterocycles. The van der Waals surface area contributed by atoms with E-state index < -0.39 is 9.84 Å². The van der Waals surface area contributed by atoms with Crippen LogP contribution in [0.1, 0.15) is 18.5 Å². The number of amides is 1. The third-order valence-corrected chi connectivity index (χ3v) is 4.85. The molecule has 0 unspecified atom stereocenters. The van der Waals surface area contributed by atoms with Crippen LogP contribution in [0.3, 0.4) is 0 Å². The molecule has 0 aliphatic heterocycles. The maximum absolute atomic E-state index is 12.0.